The molecule has 0 saturated heterocycles. The molecule has 5 nitrogen and oxygen atoms in total. The molecular formula is C9H6F5NO4. The van der Waals surface area contributed by atoms with Crippen molar-refractivity contribution < 1.29 is 41.3 Å². The van der Waals surface area contributed by atoms with Crippen LogP contribution in [0.25, 0.3) is 0 Å². The number of carbonyl (C=O) groups excluding carboxylic acids is 1. The van der Waals surface area contributed by atoms with Crippen molar-refractivity contribution in [2.45, 2.75) is 12.8 Å². The topological polar surface area (TPSA) is 68.7 Å². The molecule has 0 bridgehead atoms. The summed E-state index contributed by atoms with van der Waals surface area (Å²) in [6.07, 6.45) is -8.66. The zero-order valence-corrected chi connectivity index (χ0v) is 9.16. The Bertz CT molecular complexity index is 488. The Hall–Kier alpha value is -2.13. The summed E-state index contributed by atoms with van der Waals surface area (Å²) in [7, 11) is 0.870. The number of methoxy groups -OCH3 is 1. The van der Waals surface area contributed by atoms with Gasteiger partial charge in [-0.15, -0.1) is 13.2 Å². The molecule has 0 aliphatic rings. The Labute approximate surface area is 102 Å². The molecule has 1 N–H and O–H groups in total. The van der Waals surface area contributed by atoms with Crippen molar-refractivity contribution in [1.29, 1.82) is 0 Å². The quantitative estimate of drug-likeness (QED) is 0.683. The van der Waals surface area contributed by atoms with Gasteiger partial charge in [0.05, 0.1) is 12.7 Å². The van der Waals surface area contributed by atoms with Gasteiger partial charge in [0, 0.05) is 0 Å². The van der Waals surface area contributed by atoms with Gasteiger partial charge < -0.3 is 14.6 Å². The van der Waals surface area contributed by atoms with E-state index in [2.05, 4.69) is 14.5 Å². The number of hydrogen-bond acceptors (Lipinski definition) is 5. The second kappa shape index (κ2) is 5.24. The molecule has 0 spiro atoms. The predicted octanol–water partition coefficient (Wildman–Crippen LogP) is 2.41. The van der Waals surface area contributed by atoms with Crippen LogP contribution in [0.1, 0.15) is 22.5 Å². The number of ether oxygens (including phenoxy) is 2. The highest BCUT2D eigenvalue weighted by molar-refractivity contribution is 5.90. The lowest BCUT2D eigenvalue weighted by atomic mass is 10.2. The van der Waals surface area contributed by atoms with Gasteiger partial charge in [-0.3, -0.25) is 0 Å². The summed E-state index contributed by atoms with van der Waals surface area (Å²) in [4.78, 5) is 14.0. The molecule has 19 heavy (non-hydrogen) atoms. The smallest absolute Gasteiger partial charge is 0.505 e. The second-order valence-electron chi connectivity index (χ2n) is 3.09. The maximum Gasteiger partial charge on any atom is 0.574 e. The van der Waals surface area contributed by atoms with Gasteiger partial charge in [-0.25, -0.2) is 18.6 Å². The predicted molar refractivity (Wildman–Crippen MR) is 48.9 cm³/mol. The molecule has 0 radical (unpaired) electrons. The first-order valence-corrected chi connectivity index (χ1v) is 4.51. The summed E-state index contributed by atoms with van der Waals surface area (Å²) < 4.78 is 68.4. The van der Waals surface area contributed by atoms with Crippen LogP contribution in [-0.2, 0) is 4.74 Å². The van der Waals surface area contributed by atoms with Crippen molar-refractivity contribution in [3.05, 3.63) is 17.3 Å². The summed E-state index contributed by atoms with van der Waals surface area (Å²) in [6, 6.07) is 0.255. The number of nitrogens with zero attached hydrogens (tertiary/aromatic N) is 1. The van der Waals surface area contributed by atoms with Gasteiger partial charge in [0.1, 0.15) is 5.75 Å². The Morgan fingerprint density at radius 1 is 1.42 bits per heavy atom. The average molecular weight is 287 g/mol. The summed E-state index contributed by atoms with van der Waals surface area (Å²) in [5.41, 5.74) is -2.27. The summed E-state index contributed by atoms with van der Waals surface area (Å²) >= 11 is 0. The first kappa shape index (κ1) is 14.9. The normalized spacial score (nSPS) is 11.5. The Kier molecular flexibility index (Phi) is 4.12. The molecule has 1 aromatic rings. The first-order chi connectivity index (χ1) is 8.65. The largest absolute Gasteiger partial charge is 0.574 e. The number of hydrogen-bond donors (Lipinski definition) is 1. The molecule has 10 heteroatoms. The van der Waals surface area contributed by atoms with E-state index in [9.17, 15) is 31.9 Å². The maximum atomic E-state index is 12.5. The van der Waals surface area contributed by atoms with Crippen molar-refractivity contribution in [3.8, 4) is 11.6 Å². The second-order valence-corrected chi connectivity index (χ2v) is 3.09. The summed E-state index contributed by atoms with van der Waals surface area (Å²) in [6.45, 7) is 0. The van der Waals surface area contributed by atoms with E-state index in [1.54, 1.807) is 0 Å². The van der Waals surface area contributed by atoms with Crippen molar-refractivity contribution in [2.24, 2.45) is 0 Å². The van der Waals surface area contributed by atoms with Crippen LogP contribution in [0.3, 0.4) is 0 Å². The maximum absolute atomic E-state index is 12.5. The molecule has 0 fully saturated rings. The summed E-state index contributed by atoms with van der Waals surface area (Å²) in [5.74, 6) is -3.87. The molecular weight excluding hydrogens is 281 g/mol. The number of carbonyl (C=O) groups is 1. The fraction of sp³-hybridized carbons (Fsp3) is 0.333. The van der Waals surface area contributed by atoms with Crippen LogP contribution in [-0.4, -0.2) is 29.5 Å². The molecule has 1 rings (SSSR count). The third-order valence-electron chi connectivity index (χ3n) is 1.82. The van der Waals surface area contributed by atoms with Gasteiger partial charge in [0.2, 0.25) is 5.88 Å². The van der Waals surface area contributed by atoms with Crippen molar-refractivity contribution in [1.82, 2.24) is 4.98 Å². The molecule has 0 amide bonds. The highest BCUT2D eigenvalue weighted by Crippen LogP contribution is 2.35. The third-order valence-corrected chi connectivity index (χ3v) is 1.82. The minimum Gasteiger partial charge on any atom is -0.505 e. The van der Waals surface area contributed by atoms with E-state index in [1.165, 1.54) is 0 Å². The Balaban J connectivity index is 3.35. The molecule has 0 aliphatic heterocycles. The standard InChI is InChI=1S/C9H6F5NO4/c1-18-8(17)5-4(16)2-3(6(10)11)7(15-5)19-9(12,13)14/h2,6,16H,1H3. The van der Waals surface area contributed by atoms with Gasteiger partial charge >= 0.3 is 12.3 Å². The minimum absolute atomic E-state index is 0.255. The lowest BCUT2D eigenvalue weighted by Crippen LogP contribution is -2.20. The number of esters is 1. The van der Waals surface area contributed by atoms with Crippen LogP contribution in [0.5, 0.6) is 11.6 Å². The molecule has 0 unspecified atom stereocenters. The molecule has 1 heterocycles. The number of halogens is 5. The fourth-order valence-electron chi connectivity index (χ4n) is 1.10. The first-order valence-electron chi connectivity index (χ1n) is 4.51. The van der Waals surface area contributed by atoms with E-state index in [0.29, 0.717) is 0 Å². The fourth-order valence-corrected chi connectivity index (χ4v) is 1.10. The number of rotatable bonds is 3. The number of pyridine rings is 1. The zero-order chi connectivity index (χ0) is 14.8. The molecule has 0 atom stereocenters. The van der Waals surface area contributed by atoms with E-state index in [-0.39, 0.29) is 6.07 Å². The van der Waals surface area contributed by atoms with E-state index in [0.717, 1.165) is 7.11 Å². The third kappa shape index (κ3) is 3.66. The molecule has 0 saturated carbocycles. The van der Waals surface area contributed by atoms with Crippen LogP contribution in [0.2, 0.25) is 0 Å². The highest BCUT2D eigenvalue weighted by Gasteiger charge is 2.35. The Morgan fingerprint density at radius 3 is 2.42 bits per heavy atom. The zero-order valence-electron chi connectivity index (χ0n) is 9.16. The van der Waals surface area contributed by atoms with Crippen molar-refractivity contribution >= 4 is 5.97 Å². The van der Waals surface area contributed by atoms with Gasteiger partial charge in [-0.2, -0.15) is 0 Å². The lowest BCUT2D eigenvalue weighted by Gasteiger charge is -2.13. The minimum atomic E-state index is -5.28. The highest BCUT2D eigenvalue weighted by atomic mass is 19.4. The van der Waals surface area contributed by atoms with Crippen molar-refractivity contribution in [2.75, 3.05) is 7.11 Å². The van der Waals surface area contributed by atoms with Crippen LogP contribution in [0.4, 0.5) is 22.0 Å². The van der Waals surface area contributed by atoms with Gasteiger partial charge in [-0.05, 0) is 6.07 Å². The number of alkyl halides is 5. The van der Waals surface area contributed by atoms with Crippen molar-refractivity contribution in [3.63, 3.8) is 0 Å². The lowest BCUT2D eigenvalue weighted by molar-refractivity contribution is -0.276. The van der Waals surface area contributed by atoms with E-state index >= 15 is 0 Å². The SMILES string of the molecule is COC(=O)c1nc(OC(F)(F)F)c(C(F)F)cc1O. The Morgan fingerprint density at radius 2 is 2.00 bits per heavy atom. The van der Waals surface area contributed by atoms with E-state index < -0.39 is 41.6 Å². The molecule has 0 aliphatic carbocycles. The van der Waals surface area contributed by atoms with E-state index in [4.69, 9.17) is 0 Å². The monoisotopic (exact) mass is 287 g/mol. The average Bonchev–Trinajstić information content (AvgIpc) is 2.27. The number of aromatic hydroxyl groups is 1. The van der Waals surface area contributed by atoms with E-state index in [1.807, 2.05) is 0 Å². The van der Waals surface area contributed by atoms with Gasteiger partial charge in [0.25, 0.3) is 6.43 Å². The molecule has 106 valence electrons. The van der Waals surface area contributed by atoms with Gasteiger partial charge in [0.15, 0.2) is 5.69 Å². The van der Waals surface area contributed by atoms with Crippen LogP contribution in [0.15, 0.2) is 6.07 Å². The van der Waals surface area contributed by atoms with Gasteiger partial charge in [-0.1, -0.05) is 0 Å². The molecule has 1 aromatic heterocycles. The van der Waals surface area contributed by atoms with Crippen LogP contribution >= 0.6 is 0 Å². The number of aromatic nitrogens is 1. The molecule has 0 aromatic carbocycles. The van der Waals surface area contributed by atoms with Crippen LogP contribution in [0, 0.1) is 0 Å². The summed E-state index contributed by atoms with van der Waals surface area (Å²) in [5, 5.41) is 9.23. The van der Waals surface area contributed by atoms with Crippen LogP contribution < -0.4 is 4.74 Å².